The van der Waals surface area contributed by atoms with Crippen LogP contribution in [0.5, 0.6) is 5.75 Å². The molecule has 0 unspecified atom stereocenters. The molecule has 0 spiro atoms. The number of halogens is 3. The Kier molecular flexibility index (Phi) is 7.25. The van der Waals surface area contributed by atoms with E-state index in [4.69, 9.17) is 14.6 Å². The van der Waals surface area contributed by atoms with Gasteiger partial charge in [0.25, 0.3) is 17.6 Å². The zero-order valence-corrected chi connectivity index (χ0v) is 20.6. The van der Waals surface area contributed by atoms with E-state index in [9.17, 15) is 28.0 Å². The van der Waals surface area contributed by atoms with Gasteiger partial charge in [-0.1, -0.05) is 12.1 Å². The highest BCUT2D eigenvalue weighted by atomic mass is 19.4. The van der Waals surface area contributed by atoms with E-state index < -0.39 is 12.1 Å². The number of aliphatic carboxylic acids is 1. The summed E-state index contributed by atoms with van der Waals surface area (Å²) in [5.74, 6) is -2.18. The van der Waals surface area contributed by atoms with E-state index in [1.807, 2.05) is 40.4 Å². The summed E-state index contributed by atoms with van der Waals surface area (Å²) in [6, 6.07) is 16.1. The number of alkyl halides is 3. The van der Waals surface area contributed by atoms with Gasteiger partial charge in [0.2, 0.25) is 0 Å². The molecule has 5 rings (SSSR count). The second-order valence-corrected chi connectivity index (χ2v) is 8.52. The van der Waals surface area contributed by atoms with Gasteiger partial charge < -0.3 is 19.8 Å². The van der Waals surface area contributed by atoms with Gasteiger partial charge in [0, 0.05) is 12.1 Å². The van der Waals surface area contributed by atoms with Crippen LogP contribution in [0, 0.1) is 5.21 Å². The Morgan fingerprint density at radius 2 is 1.62 bits per heavy atom. The van der Waals surface area contributed by atoms with E-state index in [1.165, 1.54) is 17.3 Å². The number of aromatic nitrogens is 3. The van der Waals surface area contributed by atoms with Gasteiger partial charge in [0.15, 0.2) is 23.4 Å². The van der Waals surface area contributed by atoms with Crippen LogP contribution >= 0.6 is 0 Å². The van der Waals surface area contributed by atoms with Gasteiger partial charge in [-0.05, 0) is 30.3 Å². The molecule has 13 heteroatoms. The van der Waals surface area contributed by atoms with Crippen LogP contribution in [0.4, 0.5) is 13.2 Å². The Labute approximate surface area is 219 Å². The SMILES string of the molecule is COc1ccc2c(c1)n(Cc1ccc[n+]([O-])c1)c(CN1C(=O)c3ccccc3C1=O)[n+]2C.O=C([O-])C(F)(F)F. The van der Waals surface area contributed by atoms with Crippen molar-refractivity contribution in [1.82, 2.24) is 9.47 Å². The van der Waals surface area contributed by atoms with Crippen molar-refractivity contribution >= 4 is 28.8 Å². The molecule has 1 aliphatic heterocycles. The number of methoxy groups -OCH3 is 1. The lowest BCUT2D eigenvalue weighted by atomic mass is 10.1. The Morgan fingerprint density at radius 3 is 2.15 bits per heavy atom. The summed E-state index contributed by atoms with van der Waals surface area (Å²) in [7, 11) is 3.50. The van der Waals surface area contributed by atoms with Crippen LogP contribution in [0.2, 0.25) is 0 Å². The number of rotatable bonds is 5. The summed E-state index contributed by atoms with van der Waals surface area (Å²) in [6.07, 6.45) is -2.25. The number of hydrogen-bond donors (Lipinski definition) is 0. The average molecular weight is 542 g/mol. The highest BCUT2D eigenvalue weighted by molar-refractivity contribution is 6.21. The first-order chi connectivity index (χ1) is 18.4. The Balaban J connectivity index is 0.000000448. The van der Waals surface area contributed by atoms with Gasteiger partial charge >= 0.3 is 6.18 Å². The third kappa shape index (κ3) is 5.37. The van der Waals surface area contributed by atoms with Crippen molar-refractivity contribution in [2.45, 2.75) is 19.3 Å². The minimum absolute atomic E-state index is 0.101. The number of fused-ring (bicyclic) bond motifs is 2. The number of imidazole rings is 1. The largest absolute Gasteiger partial charge is 0.619 e. The van der Waals surface area contributed by atoms with Crippen molar-refractivity contribution in [3.05, 3.63) is 94.7 Å². The molecule has 0 N–H and O–H groups in total. The van der Waals surface area contributed by atoms with Gasteiger partial charge in [-0.15, -0.1) is 0 Å². The molecule has 0 atom stereocenters. The van der Waals surface area contributed by atoms with E-state index in [0.29, 0.717) is 23.4 Å². The second-order valence-electron chi connectivity index (χ2n) is 8.52. The van der Waals surface area contributed by atoms with Crippen molar-refractivity contribution in [1.29, 1.82) is 0 Å². The van der Waals surface area contributed by atoms with E-state index in [-0.39, 0.29) is 18.4 Å². The number of carbonyl (C=O) groups excluding carboxylic acids is 3. The lowest BCUT2D eigenvalue weighted by Crippen LogP contribution is -2.40. The van der Waals surface area contributed by atoms with Crippen LogP contribution in [0.25, 0.3) is 11.0 Å². The normalized spacial score (nSPS) is 12.8. The second kappa shape index (κ2) is 10.4. The smallest absolute Gasteiger partial charge is 0.430 e. The molecule has 0 radical (unpaired) electrons. The quantitative estimate of drug-likeness (QED) is 0.213. The van der Waals surface area contributed by atoms with Crippen LogP contribution in [0.15, 0.2) is 67.0 Å². The number of pyridine rings is 1. The maximum absolute atomic E-state index is 13.0. The summed E-state index contributed by atoms with van der Waals surface area (Å²) in [4.78, 5) is 36.0. The van der Waals surface area contributed by atoms with Crippen molar-refractivity contribution in [3.63, 3.8) is 0 Å². The van der Waals surface area contributed by atoms with Gasteiger partial charge in [-0.3, -0.25) is 14.5 Å². The number of hydrogen-bond acceptors (Lipinski definition) is 6. The molecule has 2 aromatic heterocycles. The van der Waals surface area contributed by atoms with E-state index in [1.54, 1.807) is 37.4 Å². The molecule has 202 valence electrons. The summed E-state index contributed by atoms with van der Waals surface area (Å²) < 4.78 is 41.7. The molecule has 2 aromatic carbocycles. The molecule has 39 heavy (non-hydrogen) atoms. The number of ether oxygens (including phenoxy) is 1. The first kappa shape index (κ1) is 27.1. The molecule has 0 fully saturated rings. The fourth-order valence-corrected chi connectivity index (χ4v) is 4.26. The van der Waals surface area contributed by atoms with E-state index >= 15 is 0 Å². The van der Waals surface area contributed by atoms with Crippen LogP contribution < -0.4 is 19.1 Å². The minimum Gasteiger partial charge on any atom is -0.619 e. The number of carbonyl (C=O) groups is 3. The van der Waals surface area contributed by atoms with Crippen LogP contribution in [0.1, 0.15) is 32.1 Å². The number of carboxylic acid groups (broad SMARTS) is 1. The fraction of sp³-hybridized carbons (Fsp3) is 0.192. The summed E-state index contributed by atoms with van der Waals surface area (Å²) in [6.45, 7) is 0.496. The number of benzene rings is 2. The zero-order chi connectivity index (χ0) is 28.5. The molecular weight excluding hydrogens is 521 g/mol. The Morgan fingerprint density at radius 1 is 1.00 bits per heavy atom. The van der Waals surface area contributed by atoms with Gasteiger partial charge in [0.05, 0.1) is 30.8 Å². The van der Waals surface area contributed by atoms with E-state index in [2.05, 4.69) is 0 Å². The Bertz CT molecular complexity index is 1560. The lowest BCUT2D eigenvalue weighted by Gasteiger charge is -2.12. The van der Waals surface area contributed by atoms with Crippen LogP contribution in [-0.4, -0.2) is 40.5 Å². The molecular formula is C26H21F3N4O6. The predicted octanol–water partition coefficient (Wildman–Crippen LogP) is 1.25. The van der Waals surface area contributed by atoms with Gasteiger partial charge in [-0.2, -0.15) is 17.9 Å². The summed E-state index contributed by atoms with van der Waals surface area (Å²) >= 11 is 0. The minimum atomic E-state index is -5.19. The van der Waals surface area contributed by atoms with Gasteiger partial charge in [0.1, 0.15) is 24.8 Å². The molecule has 4 aromatic rings. The maximum atomic E-state index is 13.0. The first-order valence-electron chi connectivity index (χ1n) is 11.4. The summed E-state index contributed by atoms with van der Waals surface area (Å²) in [5.41, 5.74) is 3.43. The maximum Gasteiger partial charge on any atom is 0.430 e. The average Bonchev–Trinajstić information content (AvgIpc) is 3.29. The lowest BCUT2D eigenvalue weighted by molar-refractivity contribution is -0.654. The number of aryl methyl sites for hydroxylation is 1. The predicted molar refractivity (Wildman–Crippen MR) is 126 cm³/mol. The highest BCUT2D eigenvalue weighted by Crippen LogP contribution is 2.26. The van der Waals surface area contributed by atoms with Crippen molar-refractivity contribution < 1.29 is 46.7 Å². The van der Waals surface area contributed by atoms with Crippen molar-refractivity contribution in [2.24, 2.45) is 7.05 Å². The van der Waals surface area contributed by atoms with Crippen LogP contribution in [0.3, 0.4) is 0 Å². The number of imide groups is 1. The molecule has 1 aliphatic rings. The third-order valence-corrected chi connectivity index (χ3v) is 6.12. The molecule has 0 aliphatic carbocycles. The molecule has 0 saturated carbocycles. The summed E-state index contributed by atoms with van der Waals surface area (Å²) in [5, 5.41) is 20.6. The standard InChI is InChI=1S/C24H21N4O4.C2HF3O2/c1-25-20-10-9-17(32-2)12-21(20)27(14-16-6-5-11-26(31)13-16)22(25)15-28-23(29)18-7-3-4-8-19(18)24(28)30;3-2(4,5)1(6)7/h3-13H,14-15H2,1-2H3;(H,6,7)/q+1;/p-1. The van der Waals surface area contributed by atoms with E-state index in [0.717, 1.165) is 27.2 Å². The van der Waals surface area contributed by atoms with Gasteiger partial charge in [-0.25, -0.2) is 9.13 Å². The zero-order valence-electron chi connectivity index (χ0n) is 20.6. The van der Waals surface area contributed by atoms with Crippen molar-refractivity contribution in [2.75, 3.05) is 7.11 Å². The molecule has 2 amide bonds. The number of carboxylic acids is 1. The van der Waals surface area contributed by atoms with Crippen LogP contribution in [-0.2, 0) is 24.9 Å². The molecule has 3 heterocycles. The first-order valence-corrected chi connectivity index (χ1v) is 11.4. The van der Waals surface area contributed by atoms with Crippen molar-refractivity contribution in [3.8, 4) is 5.75 Å². The highest BCUT2D eigenvalue weighted by Gasteiger charge is 2.38. The molecule has 0 bridgehead atoms. The number of amides is 2. The fourth-order valence-electron chi connectivity index (χ4n) is 4.26. The monoisotopic (exact) mass is 542 g/mol. The Hall–Kier alpha value is -4.94. The topological polar surface area (TPSA) is 122 Å². The molecule has 10 nitrogen and oxygen atoms in total. The number of nitrogens with zero attached hydrogens (tertiary/aromatic N) is 4. The molecule has 0 saturated heterocycles. The third-order valence-electron chi connectivity index (χ3n) is 6.12.